The molecule has 0 bridgehead atoms. The second-order valence-corrected chi connectivity index (χ2v) is 4.35. The van der Waals surface area contributed by atoms with Gasteiger partial charge in [-0.25, -0.2) is 0 Å². The predicted octanol–water partition coefficient (Wildman–Crippen LogP) is 1.88. The van der Waals surface area contributed by atoms with Crippen LogP contribution in [-0.4, -0.2) is 35.8 Å². The van der Waals surface area contributed by atoms with Crippen LogP contribution in [0.2, 0.25) is 0 Å². The minimum atomic E-state index is 0.298. The summed E-state index contributed by atoms with van der Waals surface area (Å²) in [6.07, 6.45) is 3.47. The summed E-state index contributed by atoms with van der Waals surface area (Å²) in [7, 11) is 0. The van der Waals surface area contributed by atoms with Crippen molar-refractivity contribution in [3.05, 3.63) is 0 Å². The lowest BCUT2D eigenvalue weighted by Crippen LogP contribution is -2.32. The molecule has 0 aromatic rings. The lowest BCUT2D eigenvalue weighted by atomic mass is 10.2. The number of hydrogen-bond acceptors (Lipinski definition) is 3. The van der Waals surface area contributed by atoms with Crippen molar-refractivity contribution in [3.63, 3.8) is 0 Å². The van der Waals surface area contributed by atoms with Gasteiger partial charge in [0.25, 0.3) is 0 Å². The monoisotopic (exact) mass is 205 g/mol. The predicted molar refractivity (Wildman–Crippen MR) is 61.4 cm³/mol. The molecule has 2 nitrogen and oxygen atoms in total. The molecule has 0 rings (SSSR count). The molecule has 0 aromatic carbocycles. The summed E-state index contributed by atoms with van der Waals surface area (Å²) in [5.41, 5.74) is 0. The lowest BCUT2D eigenvalue weighted by Gasteiger charge is -2.15. The van der Waals surface area contributed by atoms with E-state index in [1.165, 1.54) is 18.6 Å². The first-order valence-corrected chi connectivity index (χ1v) is 6.42. The van der Waals surface area contributed by atoms with E-state index in [9.17, 15) is 0 Å². The van der Waals surface area contributed by atoms with Gasteiger partial charge in [-0.15, -0.1) is 0 Å². The van der Waals surface area contributed by atoms with Gasteiger partial charge in [0.15, 0.2) is 0 Å². The Morgan fingerprint density at radius 3 is 2.69 bits per heavy atom. The Hall–Kier alpha value is 0.270. The van der Waals surface area contributed by atoms with Gasteiger partial charge < -0.3 is 10.4 Å². The molecule has 0 aromatic heterocycles. The van der Waals surface area contributed by atoms with Crippen molar-refractivity contribution >= 4 is 11.8 Å². The molecule has 0 heterocycles. The van der Waals surface area contributed by atoms with Gasteiger partial charge in [-0.2, -0.15) is 11.8 Å². The molecule has 0 aliphatic carbocycles. The van der Waals surface area contributed by atoms with Crippen LogP contribution in [0.5, 0.6) is 0 Å². The van der Waals surface area contributed by atoms with Crippen molar-refractivity contribution in [3.8, 4) is 0 Å². The summed E-state index contributed by atoms with van der Waals surface area (Å²) in [5.74, 6) is 2.39. The quantitative estimate of drug-likeness (QED) is 0.564. The average Bonchev–Trinajstić information content (AvgIpc) is 2.13. The molecule has 0 spiro atoms. The molecule has 0 amide bonds. The zero-order valence-corrected chi connectivity index (χ0v) is 9.70. The Morgan fingerprint density at radius 2 is 2.15 bits per heavy atom. The summed E-state index contributed by atoms with van der Waals surface area (Å²) in [6.45, 7) is 5.63. The minimum absolute atomic E-state index is 0.298. The standard InChI is InChI=1S/C10H23NOS/c1-3-5-8-13-9-10(6-7-12)11-4-2/h10-12H,3-9H2,1-2H3. The van der Waals surface area contributed by atoms with Crippen molar-refractivity contribution < 1.29 is 5.11 Å². The molecule has 13 heavy (non-hydrogen) atoms. The molecule has 0 saturated carbocycles. The first-order valence-electron chi connectivity index (χ1n) is 5.27. The Kier molecular flexibility index (Phi) is 10.6. The van der Waals surface area contributed by atoms with E-state index < -0.39 is 0 Å². The maximum absolute atomic E-state index is 8.82. The molecule has 80 valence electrons. The van der Waals surface area contributed by atoms with Gasteiger partial charge in [0, 0.05) is 18.4 Å². The van der Waals surface area contributed by atoms with E-state index in [1.54, 1.807) is 0 Å². The first-order chi connectivity index (χ1) is 6.35. The molecule has 2 N–H and O–H groups in total. The van der Waals surface area contributed by atoms with Crippen LogP contribution in [0.15, 0.2) is 0 Å². The first kappa shape index (κ1) is 13.3. The molecule has 0 fully saturated rings. The lowest BCUT2D eigenvalue weighted by molar-refractivity contribution is 0.271. The van der Waals surface area contributed by atoms with Gasteiger partial charge in [0.1, 0.15) is 0 Å². The number of unbranched alkanes of at least 4 members (excludes halogenated alkanes) is 1. The minimum Gasteiger partial charge on any atom is -0.396 e. The summed E-state index contributed by atoms with van der Waals surface area (Å²) in [4.78, 5) is 0. The summed E-state index contributed by atoms with van der Waals surface area (Å²) < 4.78 is 0. The number of aliphatic hydroxyl groups is 1. The summed E-state index contributed by atoms with van der Waals surface area (Å²) in [6, 6.07) is 0.497. The van der Waals surface area contributed by atoms with Gasteiger partial charge in [-0.05, 0) is 25.1 Å². The number of hydrogen-bond donors (Lipinski definition) is 2. The fraction of sp³-hybridized carbons (Fsp3) is 1.00. The highest BCUT2D eigenvalue weighted by Gasteiger charge is 2.05. The van der Waals surface area contributed by atoms with Crippen LogP contribution in [0.3, 0.4) is 0 Å². The number of thioether (sulfide) groups is 1. The molecule has 1 atom stereocenters. The highest BCUT2D eigenvalue weighted by atomic mass is 32.2. The largest absolute Gasteiger partial charge is 0.396 e. The Balaban J connectivity index is 3.33. The van der Waals surface area contributed by atoms with Crippen molar-refractivity contribution in [1.82, 2.24) is 5.32 Å². The smallest absolute Gasteiger partial charge is 0.0446 e. The van der Waals surface area contributed by atoms with E-state index in [4.69, 9.17) is 5.11 Å². The highest BCUT2D eigenvalue weighted by Crippen LogP contribution is 2.08. The van der Waals surface area contributed by atoms with Crippen LogP contribution in [0, 0.1) is 0 Å². The molecule has 3 heteroatoms. The normalized spacial score (nSPS) is 13.2. The number of nitrogens with one attached hydrogen (secondary N) is 1. The van der Waals surface area contributed by atoms with E-state index in [0.29, 0.717) is 12.6 Å². The third-order valence-corrected chi connectivity index (χ3v) is 3.15. The average molecular weight is 205 g/mol. The Bertz CT molecular complexity index is 94.9. The highest BCUT2D eigenvalue weighted by molar-refractivity contribution is 7.99. The molecule has 1 unspecified atom stereocenters. The number of aliphatic hydroxyl groups excluding tert-OH is 1. The van der Waals surface area contributed by atoms with Gasteiger partial charge in [-0.3, -0.25) is 0 Å². The third-order valence-electron chi connectivity index (χ3n) is 1.93. The zero-order chi connectivity index (χ0) is 9.94. The van der Waals surface area contributed by atoms with E-state index in [2.05, 4.69) is 19.2 Å². The molecule has 0 saturated heterocycles. The van der Waals surface area contributed by atoms with Gasteiger partial charge in [0.2, 0.25) is 0 Å². The Morgan fingerprint density at radius 1 is 1.38 bits per heavy atom. The fourth-order valence-electron chi connectivity index (χ4n) is 1.16. The van der Waals surface area contributed by atoms with Crippen LogP contribution >= 0.6 is 11.8 Å². The maximum atomic E-state index is 8.82. The molecule has 0 radical (unpaired) electrons. The summed E-state index contributed by atoms with van der Waals surface area (Å²) in [5, 5.41) is 12.2. The summed E-state index contributed by atoms with van der Waals surface area (Å²) >= 11 is 1.99. The molecule has 0 aliphatic heterocycles. The van der Waals surface area contributed by atoms with E-state index >= 15 is 0 Å². The van der Waals surface area contributed by atoms with Gasteiger partial charge in [-0.1, -0.05) is 20.3 Å². The van der Waals surface area contributed by atoms with Gasteiger partial charge >= 0.3 is 0 Å². The van der Waals surface area contributed by atoms with Crippen LogP contribution in [-0.2, 0) is 0 Å². The second-order valence-electron chi connectivity index (χ2n) is 3.20. The van der Waals surface area contributed by atoms with E-state index in [-0.39, 0.29) is 0 Å². The van der Waals surface area contributed by atoms with Crippen LogP contribution in [0.1, 0.15) is 33.1 Å². The van der Waals surface area contributed by atoms with Crippen molar-refractivity contribution in [2.75, 3.05) is 24.7 Å². The molecular weight excluding hydrogens is 182 g/mol. The fourth-order valence-corrected chi connectivity index (χ4v) is 2.39. The van der Waals surface area contributed by atoms with Crippen LogP contribution in [0.4, 0.5) is 0 Å². The SMILES string of the molecule is CCCCSCC(CCO)NCC. The number of rotatable bonds is 9. The zero-order valence-electron chi connectivity index (χ0n) is 8.88. The van der Waals surface area contributed by atoms with Crippen molar-refractivity contribution in [2.45, 2.75) is 39.2 Å². The van der Waals surface area contributed by atoms with E-state index in [0.717, 1.165) is 18.7 Å². The third kappa shape index (κ3) is 8.60. The van der Waals surface area contributed by atoms with Gasteiger partial charge in [0.05, 0.1) is 0 Å². The molecule has 0 aliphatic rings. The van der Waals surface area contributed by atoms with Crippen LogP contribution < -0.4 is 5.32 Å². The van der Waals surface area contributed by atoms with Crippen molar-refractivity contribution in [1.29, 1.82) is 0 Å². The maximum Gasteiger partial charge on any atom is 0.0446 e. The Labute approximate surface area is 86.5 Å². The van der Waals surface area contributed by atoms with E-state index in [1.807, 2.05) is 11.8 Å². The van der Waals surface area contributed by atoms with Crippen molar-refractivity contribution in [2.24, 2.45) is 0 Å². The van der Waals surface area contributed by atoms with Crippen LogP contribution in [0.25, 0.3) is 0 Å². The topological polar surface area (TPSA) is 32.3 Å². The second kappa shape index (κ2) is 10.4. The molecular formula is C10H23NOS.